The largest absolute Gasteiger partial charge is 0.455 e. The van der Waals surface area contributed by atoms with Crippen molar-refractivity contribution >= 4 is 29.1 Å². The Balaban J connectivity index is 1.77. The van der Waals surface area contributed by atoms with Crippen molar-refractivity contribution in [2.45, 2.75) is 32.6 Å². The molecule has 1 aliphatic rings. The highest BCUT2D eigenvalue weighted by Crippen LogP contribution is 2.30. The predicted molar refractivity (Wildman–Crippen MR) is 111 cm³/mol. The van der Waals surface area contributed by atoms with E-state index >= 15 is 0 Å². The van der Waals surface area contributed by atoms with E-state index in [1.807, 2.05) is 6.92 Å². The lowest BCUT2D eigenvalue weighted by Crippen LogP contribution is -2.25. The third-order valence-electron chi connectivity index (χ3n) is 4.75. The maximum absolute atomic E-state index is 12.5. The molecule has 0 aliphatic heterocycles. The van der Waals surface area contributed by atoms with Crippen LogP contribution in [0.25, 0.3) is 0 Å². The van der Waals surface area contributed by atoms with Gasteiger partial charge >= 0.3 is 0 Å². The number of nitrogens with one attached hydrogen (secondary N) is 2. The van der Waals surface area contributed by atoms with Gasteiger partial charge in [-0.3, -0.25) is 9.59 Å². The Bertz CT molecular complexity index is 936. The molecule has 3 rings (SSSR count). The molecule has 8 heteroatoms. The summed E-state index contributed by atoms with van der Waals surface area (Å²) in [6.07, 6.45) is 2.97. The third-order valence-corrected chi connectivity index (χ3v) is 5.08. The second-order valence-corrected chi connectivity index (χ2v) is 7.20. The van der Waals surface area contributed by atoms with Crippen LogP contribution in [-0.2, 0) is 11.2 Å². The van der Waals surface area contributed by atoms with Gasteiger partial charge in [-0.05, 0) is 38.3 Å². The zero-order chi connectivity index (χ0) is 20.8. The Morgan fingerprint density at radius 1 is 1.24 bits per heavy atom. The first-order valence-corrected chi connectivity index (χ1v) is 9.92. The minimum absolute atomic E-state index is 0.257. The molecule has 1 heterocycles. The Morgan fingerprint density at radius 3 is 2.79 bits per heavy atom. The highest BCUT2D eigenvalue weighted by Gasteiger charge is 2.28. The molecule has 2 aromatic rings. The van der Waals surface area contributed by atoms with E-state index in [0.29, 0.717) is 41.6 Å². The summed E-state index contributed by atoms with van der Waals surface area (Å²) in [5, 5.41) is 7.51. The van der Waals surface area contributed by atoms with Crippen molar-refractivity contribution < 1.29 is 18.7 Å². The summed E-state index contributed by atoms with van der Waals surface area (Å²) in [7, 11) is 1.62. The van der Waals surface area contributed by atoms with E-state index in [1.54, 1.807) is 31.4 Å². The molecule has 7 nitrogen and oxygen atoms in total. The molecule has 0 unspecified atom stereocenters. The summed E-state index contributed by atoms with van der Waals surface area (Å²) in [5.41, 5.74) is 5.16. The number of rotatable bonds is 7. The highest BCUT2D eigenvalue weighted by atomic mass is 35.5. The summed E-state index contributed by atoms with van der Waals surface area (Å²) < 4.78 is 10.8. The van der Waals surface area contributed by atoms with E-state index in [4.69, 9.17) is 20.8 Å². The molecule has 2 N–H and O–H groups in total. The fraction of sp³-hybridized carbons (Fsp3) is 0.381. The molecule has 29 heavy (non-hydrogen) atoms. The number of amides is 2. The number of carbonyl (C=O) groups excluding carboxylic acids is 2. The fourth-order valence-corrected chi connectivity index (χ4v) is 3.54. The molecular formula is C21H24ClN3O4. The Morgan fingerprint density at radius 2 is 2.03 bits per heavy atom. The molecule has 0 atom stereocenters. The van der Waals surface area contributed by atoms with Gasteiger partial charge in [0, 0.05) is 37.8 Å². The van der Waals surface area contributed by atoms with Crippen LogP contribution in [0.2, 0.25) is 5.02 Å². The summed E-state index contributed by atoms with van der Waals surface area (Å²) in [6, 6.07) is 6.79. The van der Waals surface area contributed by atoms with Crippen LogP contribution in [0.15, 0.2) is 33.8 Å². The number of ether oxygens (including phenoxy) is 1. The standard InChI is InChI=1S/C21H24ClN3O4/c1-13-18-16(24-25-20(26)14-7-3-4-8-15(14)22)9-5-10-17(18)29-19(13)21(27)23-11-6-12-28-2/h3-4,7-8H,5-6,9-12H2,1-2H3,(H,23,27)(H,25,26)/b24-16+. The van der Waals surface area contributed by atoms with Gasteiger partial charge in [0.1, 0.15) is 5.76 Å². The summed E-state index contributed by atoms with van der Waals surface area (Å²) >= 11 is 6.07. The van der Waals surface area contributed by atoms with E-state index in [-0.39, 0.29) is 11.8 Å². The average molecular weight is 418 g/mol. The zero-order valence-corrected chi connectivity index (χ0v) is 17.3. The minimum atomic E-state index is -0.382. The van der Waals surface area contributed by atoms with Gasteiger partial charge in [0.15, 0.2) is 5.76 Å². The second-order valence-electron chi connectivity index (χ2n) is 6.79. The van der Waals surface area contributed by atoms with Crippen molar-refractivity contribution in [2.24, 2.45) is 5.10 Å². The van der Waals surface area contributed by atoms with E-state index in [1.165, 1.54) is 0 Å². The predicted octanol–water partition coefficient (Wildman–Crippen LogP) is 3.48. The fourth-order valence-electron chi connectivity index (χ4n) is 3.32. The zero-order valence-electron chi connectivity index (χ0n) is 16.5. The number of nitrogens with zero attached hydrogens (tertiary/aromatic N) is 1. The topological polar surface area (TPSA) is 92.9 Å². The van der Waals surface area contributed by atoms with Crippen molar-refractivity contribution in [3.05, 3.63) is 57.5 Å². The first kappa shape index (κ1) is 21.1. The van der Waals surface area contributed by atoms with Crippen LogP contribution in [-0.4, -0.2) is 37.8 Å². The van der Waals surface area contributed by atoms with E-state index in [0.717, 1.165) is 36.1 Å². The number of hydrazone groups is 1. The van der Waals surface area contributed by atoms with Crippen LogP contribution in [0.5, 0.6) is 0 Å². The Kier molecular flexibility index (Phi) is 7.06. The first-order valence-electron chi connectivity index (χ1n) is 9.54. The molecule has 1 aromatic carbocycles. The number of halogens is 1. The maximum Gasteiger partial charge on any atom is 0.287 e. The second kappa shape index (κ2) is 9.71. The van der Waals surface area contributed by atoms with Gasteiger partial charge in [-0.15, -0.1) is 0 Å². The lowest BCUT2D eigenvalue weighted by molar-refractivity contribution is 0.0916. The summed E-state index contributed by atoms with van der Waals surface area (Å²) in [6.45, 7) is 2.92. The van der Waals surface area contributed by atoms with Gasteiger partial charge in [0.2, 0.25) is 0 Å². The van der Waals surface area contributed by atoms with Gasteiger partial charge in [-0.1, -0.05) is 23.7 Å². The van der Waals surface area contributed by atoms with Crippen LogP contribution in [0, 0.1) is 6.92 Å². The van der Waals surface area contributed by atoms with Gasteiger partial charge in [0.25, 0.3) is 11.8 Å². The SMILES string of the molecule is COCCCNC(=O)c1oc2c(c1C)/C(=N/NC(=O)c1ccccc1Cl)CCC2. The number of aryl methyl sites for hydroxylation is 1. The Hall–Kier alpha value is -2.64. The first-order chi connectivity index (χ1) is 14.0. The van der Waals surface area contributed by atoms with Gasteiger partial charge in [0.05, 0.1) is 16.3 Å². The van der Waals surface area contributed by atoms with E-state index in [9.17, 15) is 9.59 Å². The number of hydrogen-bond donors (Lipinski definition) is 2. The van der Waals surface area contributed by atoms with Crippen molar-refractivity contribution in [1.82, 2.24) is 10.7 Å². The van der Waals surface area contributed by atoms with Crippen molar-refractivity contribution in [3.8, 4) is 0 Å². The number of hydrogen-bond acceptors (Lipinski definition) is 5. The molecule has 0 fully saturated rings. The lowest BCUT2D eigenvalue weighted by Gasteiger charge is -2.13. The number of fused-ring (bicyclic) bond motifs is 1. The summed E-state index contributed by atoms with van der Waals surface area (Å²) in [5.74, 6) is 0.376. The molecule has 0 radical (unpaired) electrons. The number of methoxy groups -OCH3 is 1. The molecular weight excluding hydrogens is 394 g/mol. The quantitative estimate of drug-likeness (QED) is 0.532. The molecule has 2 amide bonds. The van der Waals surface area contributed by atoms with Crippen LogP contribution >= 0.6 is 11.6 Å². The smallest absolute Gasteiger partial charge is 0.287 e. The summed E-state index contributed by atoms with van der Waals surface area (Å²) in [4.78, 5) is 24.9. The van der Waals surface area contributed by atoms with Crippen LogP contribution in [0.3, 0.4) is 0 Å². The third kappa shape index (κ3) is 4.86. The van der Waals surface area contributed by atoms with Crippen LogP contribution in [0.4, 0.5) is 0 Å². The van der Waals surface area contributed by atoms with E-state index < -0.39 is 0 Å². The van der Waals surface area contributed by atoms with Crippen molar-refractivity contribution in [2.75, 3.05) is 20.3 Å². The van der Waals surface area contributed by atoms with Gasteiger partial charge in [-0.25, -0.2) is 5.43 Å². The average Bonchev–Trinajstić information content (AvgIpc) is 3.07. The van der Waals surface area contributed by atoms with Gasteiger partial charge in [-0.2, -0.15) is 5.10 Å². The van der Waals surface area contributed by atoms with Crippen LogP contribution < -0.4 is 10.7 Å². The lowest BCUT2D eigenvalue weighted by atomic mass is 9.93. The monoisotopic (exact) mass is 417 g/mol. The van der Waals surface area contributed by atoms with Crippen molar-refractivity contribution in [3.63, 3.8) is 0 Å². The Labute approximate surface area is 174 Å². The normalized spacial score (nSPS) is 14.5. The molecule has 0 bridgehead atoms. The number of furan rings is 1. The highest BCUT2D eigenvalue weighted by molar-refractivity contribution is 6.33. The molecule has 1 aromatic heterocycles. The molecule has 0 spiro atoms. The number of benzene rings is 1. The minimum Gasteiger partial charge on any atom is -0.455 e. The van der Waals surface area contributed by atoms with Crippen molar-refractivity contribution in [1.29, 1.82) is 0 Å². The van der Waals surface area contributed by atoms with Gasteiger partial charge < -0.3 is 14.5 Å². The van der Waals surface area contributed by atoms with E-state index in [2.05, 4.69) is 15.8 Å². The maximum atomic E-state index is 12.5. The van der Waals surface area contributed by atoms with Crippen LogP contribution in [0.1, 0.15) is 57.1 Å². The molecule has 0 saturated heterocycles. The number of carbonyl (C=O) groups is 2. The molecule has 0 saturated carbocycles. The molecule has 154 valence electrons. The molecule has 1 aliphatic carbocycles.